The first kappa shape index (κ1) is 13.2. The number of aryl methyl sites for hydroxylation is 2. The highest BCUT2D eigenvalue weighted by atomic mass is 16.3. The third-order valence-electron chi connectivity index (χ3n) is 4.52. The summed E-state index contributed by atoms with van der Waals surface area (Å²) in [6.07, 6.45) is 1.43. The fraction of sp³-hybridized carbons (Fsp3) is 0.438. The smallest absolute Gasteiger partial charge is 0.226 e. The lowest BCUT2D eigenvalue weighted by atomic mass is 9.79. The van der Waals surface area contributed by atoms with Gasteiger partial charge in [0.2, 0.25) is 5.91 Å². The van der Waals surface area contributed by atoms with Crippen LogP contribution in [0.3, 0.4) is 0 Å². The average molecular weight is 272 g/mol. The molecular formula is C16H20N2O2. The van der Waals surface area contributed by atoms with Gasteiger partial charge in [-0.1, -0.05) is 12.1 Å². The molecule has 20 heavy (non-hydrogen) atoms. The van der Waals surface area contributed by atoms with Crippen LogP contribution in [0, 0.1) is 19.8 Å². The largest absolute Gasteiger partial charge is 0.396 e. The molecule has 2 unspecified atom stereocenters. The Kier molecular flexibility index (Phi) is 3.05. The lowest BCUT2D eigenvalue weighted by Gasteiger charge is -2.26. The number of nitrogens with one attached hydrogen (secondary N) is 1. The minimum atomic E-state index is -0.318. The average Bonchev–Trinajstić information content (AvgIpc) is 2.82. The van der Waals surface area contributed by atoms with Crippen molar-refractivity contribution in [1.82, 2.24) is 4.98 Å². The van der Waals surface area contributed by atoms with Gasteiger partial charge >= 0.3 is 0 Å². The standard InChI is InChI=1S/C16H20N2O2/c1-8-3-4-9(2)14-13(8)11-5-10(7-19)6-12(16(17)20)15(11)18-14/h3-4,10,12,18-19H,5-7H2,1-2H3,(H2,17,20). The zero-order valence-electron chi connectivity index (χ0n) is 11.9. The molecule has 0 aliphatic heterocycles. The second-order valence-electron chi connectivity index (χ2n) is 5.91. The molecule has 1 aliphatic rings. The summed E-state index contributed by atoms with van der Waals surface area (Å²) in [6, 6.07) is 4.19. The maximum atomic E-state index is 11.7. The van der Waals surface area contributed by atoms with Crippen molar-refractivity contribution in [2.45, 2.75) is 32.6 Å². The van der Waals surface area contributed by atoms with E-state index >= 15 is 0 Å². The third kappa shape index (κ3) is 1.83. The number of aromatic amines is 1. The summed E-state index contributed by atoms with van der Waals surface area (Å²) in [7, 11) is 0. The van der Waals surface area contributed by atoms with Crippen LogP contribution in [-0.4, -0.2) is 22.6 Å². The quantitative estimate of drug-likeness (QED) is 0.780. The molecule has 4 heteroatoms. The van der Waals surface area contributed by atoms with Crippen LogP contribution >= 0.6 is 0 Å². The summed E-state index contributed by atoms with van der Waals surface area (Å²) in [5.74, 6) is -0.521. The van der Waals surface area contributed by atoms with Crippen LogP contribution in [0.1, 0.15) is 34.7 Å². The Morgan fingerprint density at radius 1 is 1.40 bits per heavy atom. The SMILES string of the molecule is Cc1ccc(C)c2c3c([nH]c12)C(C(N)=O)CC(CO)C3. The topological polar surface area (TPSA) is 79.1 Å². The molecule has 0 saturated heterocycles. The van der Waals surface area contributed by atoms with Gasteiger partial charge in [0.25, 0.3) is 0 Å². The Bertz CT molecular complexity index is 687. The maximum absolute atomic E-state index is 11.7. The number of amides is 1. The van der Waals surface area contributed by atoms with Crippen molar-refractivity contribution in [2.75, 3.05) is 6.61 Å². The predicted octanol–water partition coefficient (Wildman–Crippen LogP) is 1.91. The Morgan fingerprint density at radius 2 is 2.10 bits per heavy atom. The van der Waals surface area contributed by atoms with Crippen LogP contribution in [0.5, 0.6) is 0 Å². The first-order valence-electron chi connectivity index (χ1n) is 7.03. The molecule has 1 amide bonds. The van der Waals surface area contributed by atoms with Gasteiger partial charge in [0.15, 0.2) is 0 Å². The van der Waals surface area contributed by atoms with Gasteiger partial charge in [0.1, 0.15) is 0 Å². The molecule has 1 aromatic heterocycles. The fourth-order valence-corrected chi connectivity index (χ4v) is 3.44. The monoisotopic (exact) mass is 272 g/mol. The van der Waals surface area contributed by atoms with Crippen LogP contribution in [-0.2, 0) is 11.2 Å². The molecule has 4 N–H and O–H groups in total. The van der Waals surface area contributed by atoms with Crippen molar-refractivity contribution in [3.63, 3.8) is 0 Å². The summed E-state index contributed by atoms with van der Waals surface area (Å²) in [5.41, 5.74) is 11.1. The third-order valence-corrected chi connectivity index (χ3v) is 4.52. The van der Waals surface area contributed by atoms with E-state index in [1.807, 2.05) is 0 Å². The molecule has 0 radical (unpaired) electrons. The van der Waals surface area contributed by atoms with Crippen molar-refractivity contribution in [3.05, 3.63) is 34.5 Å². The number of nitrogens with two attached hydrogens (primary N) is 1. The second kappa shape index (κ2) is 4.63. The van der Waals surface area contributed by atoms with E-state index in [0.717, 1.165) is 23.2 Å². The number of rotatable bonds is 2. The van der Waals surface area contributed by atoms with Gasteiger partial charge in [-0.15, -0.1) is 0 Å². The Balaban J connectivity index is 2.28. The molecule has 106 valence electrons. The van der Waals surface area contributed by atoms with Gasteiger partial charge in [-0.25, -0.2) is 0 Å². The van der Waals surface area contributed by atoms with E-state index in [4.69, 9.17) is 5.73 Å². The number of carbonyl (C=O) groups is 1. The van der Waals surface area contributed by atoms with E-state index in [0.29, 0.717) is 6.42 Å². The molecule has 1 heterocycles. The maximum Gasteiger partial charge on any atom is 0.226 e. The van der Waals surface area contributed by atoms with E-state index in [-0.39, 0.29) is 24.3 Å². The number of primary amides is 1. The number of carbonyl (C=O) groups excluding carboxylic acids is 1. The number of fused-ring (bicyclic) bond motifs is 3. The highest BCUT2D eigenvalue weighted by molar-refractivity contribution is 5.93. The highest BCUT2D eigenvalue weighted by Crippen LogP contribution is 2.40. The Hall–Kier alpha value is -1.81. The summed E-state index contributed by atoms with van der Waals surface area (Å²) in [6.45, 7) is 4.24. The van der Waals surface area contributed by atoms with Crippen molar-refractivity contribution < 1.29 is 9.90 Å². The number of hydrogen-bond acceptors (Lipinski definition) is 2. The summed E-state index contributed by atoms with van der Waals surface area (Å²) >= 11 is 0. The number of benzene rings is 1. The van der Waals surface area contributed by atoms with Crippen LogP contribution in [0.25, 0.3) is 10.9 Å². The number of hydrogen-bond donors (Lipinski definition) is 3. The van der Waals surface area contributed by atoms with Crippen LogP contribution < -0.4 is 5.73 Å². The Morgan fingerprint density at radius 3 is 2.75 bits per heavy atom. The van der Waals surface area contributed by atoms with Crippen molar-refractivity contribution in [3.8, 4) is 0 Å². The minimum absolute atomic E-state index is 0.0980. The number of H-pyrrole nitrogens is 1. The molecule has 1 aromatic carbocycles. The number of aliphatic hydroxyl groups is 1. The lowest BCUT2D eigenvalue weighted by molar-refractivity contribution is -0.120. The van der Waals surface area contributed by atoms with Gasteiger partial charge < -0.3 is 15.8 Å². The van der Waals surface area contributed by atoms with Crippen LogP contribution in [0.15, 0.2) is 12.1 Å². The first-order chi connectivity index (χ1) is 9.52. The molecule has 1 aliphatic carbocycles. The molecule has 0 bridgehead atoms. The Labute approximate surface area is 118 Å². The zero-order valence-corrected chi connectivity index (χ0v) is 11.9. The van der Waals surface area contributed by atoms with E-state index < -0.39 is 0 Å². The van der Waals surface area contributed by atoms with Gasteiger partial charge in [0, 0.05) is 23.2 Å². The van der Waals surface area contributed by atoms with Crippen molar-refractivity contribution >= 4 is 16.8 Å². The first-order valence-corrected chi connectivity index (χ1v) is 7.03. The fourth-order valence-electron chi connectivity index (χ4n) is 3.44. The van der Waals surface area contributed by atoms with Crippen LogP contribution in [0.2, 0.25) is 0 Å². The molecule has 4 nitrogen and oxygen atoms in total. The molecular weight excluding hydrogens is 252 g/mol. The van der Waals surface area contributed by atoms with E-state index in [1.165, 1.54) is 16.5 Å². The van der Waals surface area contributed by atoms with E-state index in [1.54, 1.807) is 0 Å². The van der Waals surface area contributed by atoms with E-state index in [9.17, 15) is 9.90 Å². The molecule has 0 saturated carbocycles. The van der Waals surface area contributed by atoms with Gasteiger partial charge in [-0.05, 0) is 49.3 Å². The highest BCUT2D eigenvalue weighted by Gasteiger charge is 2.33. The molecule has 0 spiro atoms. The zero-order chi connectivity index (χ0) is 14.4. The molecule has 3 rings (SSSR count). The molecule has 2 aromatic rings. The molecule has 2 atom stereocenters. The molecule has 0 fully saturated rings. The lowest BCUT2D eigenvalue weighted by Crippen LogP contribution is -2.30. The van der Waals surface area contributed by atoms with Crippen molar-refractivity contribution in [1.29, 1.82) is 0 Å². The van der Waals surface area contributed by atoms with Crippen molar-refractivity contribution in [2.24, 2.45) is 11.7 Å². The van der Waals surface area contributed by atoms with Gasteiger partial charge in [-0.2, -0.15) is 0 Å². The predicted molar refractivity (Wildman–Crippen MR) is 78.6 cm³/mol. The minimum Gasteiger partial charge on any atom is -0.396 e. The summed E-state index contributed by atoms with van der Waals surface area (Å²) in [5, 5.41) is 10.7. The summed E-state index contributed by atoms with van der Waals surface area (Å²) in [4.78, 5) is 15.2. The number of aromatic nitrogens is 1. The normalized spacial score (nSPS) is 21.9. The number of aliphatic hydroxyl groups excluding tert-OH is 1. The second-order valence-corrected chi connectivity index (χ2v) is 5.91. The van der Waals surface area contributed by atoms with E-state index in [2.05, 4.69) is 31.0 Å². The van der Waals surface area contributed by atoms with Crippen LogP contribution in [0.4, 0.5) is 0 Å². The van der Waals surface area contributed by atoms with Gasteiger partial charge in [0.05, 0.1) is 5.92 Å². The summed E-state index contributed by atoms with van der Waals surface area (Å²) < 4.78 is 0. The van der Waals surface area contributed by atoms with Gasteiger partial charge in [-0.3, -0.25) is 4.79 Å².